The number of amidine groups is 1. The van der Waals surface area contributed by atoms with E-state index in [2.05, 4.69) is 10.3 Å². The van der Waals surface area contributed by atoms with Gasteiger partial charge in [0.25, 0.3) is 11.8 Å². The summed E-state index contributed by atoms with van der Waals surface area (Å²) in [4.78, 5) is 31.8. The molecule has 0 saturated carbocycles. The van der Waals surface area contributed by atoms with Crippen molar-refractivity contribution < 1.29 is 9.59 Å². The topological polar surface area (TPSA) is 58.5 Å². The van der Waals surface area contributed by atoms with E-state index in [1.54, 1.807) is 0 Å². The van der Waals surface area contributed by atoms with Crippen LogP contribution in [0, 0.1) is 0 Å². The number of hydrogen-bond donors (Lipinski definition) is 1. The predicted octanol–water partition coefficient (Wildman–Crippen LogP) is 3.26. The Balaban J connectivity index is 1.90. The fourth-order valence-electron chi connectivity index (χ4n) is 4.26. The van der Waals surface area contributed by atoms with Gasteiger partial charge in [-0.2, -0.15) is 4.99 Å². The SMILES string of the molecule is O=C1N=C(c2ccccc2)NC(=O)C1=P(c1ccccc1)(c1ccccc1)c1ccccc1. The number of rotatable bonds is 4. The quantitative estimate of drug-likeness (QED) is 0.488. The van der Waals surface area contributed by atoms with Crippen LogP contribution in [0.4, 0.5) is 0 Å². The maximum atomic E-state index is 13.7. The van der Waals surface area contributed by atoms with E-state index in [0.717, 1.165) is 15.9 Å². The fourth-order valence-corrected chi connectivity index (χ4v) is 8.49. The molecule has 4 aromatic carbocycles. The summed E-state index contributed by atoms with van der Waals surface area (Å²) in [5.74, 6) is -0.622. The minimum atomic E-state index is -2.81. The zero-order valence-electron chi connectivity index (χ0n) is 17.8. The van der Waals surface area contributed by atoms with Crippen molar-refractivity contribution in [2.24, 2.45) is 4.99 Å². The molecule has 4 nitrogen and oxygen atoms in total. The van der Waals surface area contributed by atoms with Crippen molar-refractivity contribution in [2.75, 3.05) is 0 Å². The number of carbonyl (C=O) groups excluding carboxylic acids is 2. The van der Waals surface area contributed by atoms with Crippen molar-refractivity contribution in [3.63, 3.8) is 0 Å². The van der Waals surface area contributed by atoms with Gasteiger partial charge in [0.15, 0.2) is 0 Å². The molecular formula is C28H21N2O2P. The highest BCUT2D eigenvalue weighted by atomic mass is 31.2. The summed E-state index contributed by atoms with van der Waals surface area (Å²) < 4.78 is 0. The molecule has 0 bridgehead atoms. The number of aliphatic imine (C=N–C) groups is 1. The van der Waals surface area contributed by atoms with Crippen LogP contribution in [0.1, 0.15) is 5.56 Å². The van der Waals surface area contributed by atoms with Gasteiger partial charge in [0, 0.05) is 5.56 Å². The van der Waals surface area contributed by atoms with E-state index in [4.69, 9.17) is 0 Å². The highest BCUT2D eigenvalue weighted by Gasteiger charge is 2.39. The van der Waals surface area contributed by atoms with Crippen LogP contribution in [0.15, 0.2) is 126 Å². The van der Waals surface area contributed by atoms with E-state index in [-0.39, 0.29) is 11.1 Å². The van der Waals surface area contributed by atoms with Gasteiger partial charge in [-0.1, -0.05) is 121 Å². The third kappa shape index (κ3) is 3.65. The Bertz CT molecular complexity index is 1290. The summed E-state index contributed by atoms with van der Waals surface area (Å²) in [5.41, 5.74) is 0.696. The molecule has 5 heteroatoms. The van der Waals surface area contributed by atoms with Gasteiger partial charge in [-0.3, -0.25) is 9.59 Å². The van der Waals surface area contributed by atoms with E-state index in [9.17, 15) is 9.59 Å². The smallest absolute Gasteiger partial charge is 0.285 e. The first-order chi connectivity index (χ1) is 16.2. The van der Waals surface area contributed by atoms with Crippen LogP contribution in [0.2, 0.25) is 0 Å². The van der Waals surface area contributed by atoms with Crippen molar-refractivity contribution in [2.45, 2.75) is 0 Å². The number of nitrogens with zero attached hydrogens (tertiary/aromatic N) is 1. The molecule has 0 saturated heterocycles. The van der Waals surface area contributed by atoms with Crippen LogP contribution in [0.25, 0.3) is 0 Å². The maximum Gasteiger partial charge on any atom is 0.285 e. The fraction of sp³-hybridized carbons (Fsp3) is 0. The third-order valence-corrected chi connectivity index (χ3v) is 9.96. The van der Waals surface area contributed by atoms with Crippen LogP contribution in [-0.2, 0) is 9.59 Å². The molecule has 160 valence electrons. The Morgan fingerprint density at radius 1 is 0.545 bits per heavy atom. The van der Waals surface area contributed by atoms with Crippen LogP contribution in [0.5, 0.6) is 0 Å². The van der Waals surface area contributed by atoms with Gasteiger partial charge >= 0.3 is 0 Å². The van der Waals surface area contributed by atoms with Gasteiger partial charge in [0.1, 0.15) is 11.1 Å². The number of carbonyl (C=O) groups is 2. The molecule has 5 rings (SSSR count). The molecule has 0 fully saturated rings. The first-order valence-electron chi connectivity index (χ1n) is 10.6. The van der Waals surface area contributed by atoms with Crippen molar-refractivity contribution in [3.8, 4) is 0 Å². The lowest BCUT2D eigenvalue weighted by molar-refractivity contribution is -0.117. The maximum absolute atomic E-state index is 13.7. The van der Waals surface area contributed by atoms with Gasteiger partial charge in [-0.05, 0) is 22.8 Å². The zero-order valence-corrected chi connectivity index (χ0v) is 18.7. The van der Waals surface area contributed by atoms with Crippen LogP contribution in [-0.4, -0.2) is 22.9 Å². The summed E-state index contributed by atoms with van der Waals surface area (Å²) in [5, 5.41) is 5.88. The van der Waals surface area contributed by atoms with E-state index in [0.29, 0.717) is 5.56 Å². The highest BCUT2D eigenvalue weighted by Crippen LogP contribution is 2.46. The lowest BCUT2D eigenvalue weighted by Crippen LogP contribution is -2.48. The van der Waals surface area contributed by atoms with Gasteiger partial charge in [-0.15, -0.1) is 0 Å². The molecule has 1 N–H and O–H groups in total. The summed E-state index contributed by atoms with van der Waals surface area (Å²) >= 11 is 0. The standard InChI is InChI=1S/C28H21N2O2P/c31-27-25(28(32)30-26(29-27)21-13-5-1-6-14-21)33(22-15-7-2-8-16-22,23-17-9-3-10-18-23)24-19-11-4-12-20-24/h1-20H,(H,29,30,31,32). The Morgan fingerprint density at radius 3 is 1.33 bits per heavy atom. The summed E-state index contributed by atoms with van der Waals surface area (Å²) in [6, 6.07) is 38.7. The van der Waals surface area contributed by atoms with Crippen LogP contribution in [0.3, 0.4) is 0 Å². The van der Waals surface area contributed by atoms with E-state index in [1.165, 1.54) is 0 Å². The van der Waals surface area contributed by atoms with Crippen LogP contribution >= 0.6 is 6.89 Å². The average Bonchev–Trinajstić information content (AvgIpc) is 2.88. The largest absolute Gasteiger partial charge is 0.306 e. The Hall–Kier alpha value is -4.01. The van der Waals surface area contributed by atoms with Gasteiger partial charge in [-0.25, -0.2) is 0 Å². The first kappa shape index (κ1) is 20.9. The summed E-state index contributed by atoms with van der Waals surface area (Å²) in [7, 11) is 0. The second kappa shape index (κ2) is 8.85. The second-order valence-corrected chi connectivity index (χ2v) is 10.9. The zero-order chi connectivity index (χ0) is 22.7. The molecule has 0 spiro atoms. The second-order valence-electron chi connectivity index (χ2n) is 7.61. The number of benzene rings is 4. The molecule has 0 atom stereocenters. The van der Waals surface area contributed by atoms with Gasteiger partial charge in [0.2, 0.25) is 0 Å². The van der Waals surface area contributed by atoms with Crippen molar-refractivity contribution in [1.29, 1.82) is 0 Å². The number of amides is 2. The minimum absolute atomic E-state index is 0.186. The lowest BCUT2D eigenvalue weighted by Gasteiger charge is -2.32. The Morgan fingerprint density at radius 2 is 0.939 bits per heavy atom. The molecule has 2 amide bonds. The molecule has 0 radical (unpaired) electrons. The Labute approximate surface area is 192 Å². The molecule has 1 aliphatic heterocycles. The number of hydrogen-bond acceptors (Lipinski definition) is 2. The number of nitrogens with one attached hydrogen (secondary N) is 1. The van der Waals surface area contributed by atoms with E-state index >= 15 is 0 Å². The monoisotopic (exact) mass is 448 g/mol. The molecule has 1 aliphatic rings. The van der Waals surface area contributed by atoms with Crippen LogP contribution < -0.4 is 21.2 Å². The summed E-state index contributed by atoms with van der Waals surface area (Å²) in [6.07, 6.45) is 0. The predicted molar refractivity (Wildman–Crippen MR) is 136 cm³/mol. The van der Waals surface area contributed by atoms with Crippen molar-refractivity contribution >= 4 is 45.7 Å². The molecule has 4 aromatic rings. The lowest BCUT2D eigenvalue weighted by atomic mass is 10.2. The normalized spacial score (nSPS) is 13.9. The molecule has 0 aromatic heterocycles. The molecule has 33 heavy (non-hydrogen) atoms. The molecule has 1 heterocycles. The Kier molecular flexibility index (Phi) is 5.60. The average molecular weight is 448 g/mol. The van der Waals surface area contributed by atoms with Gasteiger partial charge < -0.3 is 5.32 Å². The third-order valence-electron chi connectivity index (χ3n) is 5.68. The molecule has 0 unspecified atom stereocenters. The van der Waals surface area contributed by atoms with Crippen molar-refractivity contribution in [1.82, 2.24) is 5.32 Å². The van der Waals surface area contributed by atoms with E-state index in [1.807, 2.05) is 121 Å². The minimum Gasteiger partial charge on any atom is -0.306 e. The molecular weight excluding hydrogens is 427 g/mol. The molecule has 0 aliphatic carbocycles. The van der Waals surface area contributed by atoms with Crippen molar-refractivity contribution in [3.05, 3.63) is 127 Å². The first-order valence-corrected chi connectivity index (χ1v) is 12.4. The summed E-state index contributed by atoms with van der Waals surface area (Å²) in [6.45, 7) is -2.81. The van der Waals surface area contributed by atoms with E-state index < -0.39 is 18.7 Å². The highest BCUT2D eigenvalue weighted by molar-refractivity contribution is 7.97. The van der Waals surface area contributed by atoms with Gasteiger partial charge in [0.05, 0.1) is 0 Å².